The first-order valence-electron chi connectivity index (χ1n) is 12.7. The van der Waals surface area contributed by atoms with Crippen LogP contribution in [-0.2, 0) is 20.1 Å². The fraction of sp³-hybridized carbons (Fsp3) is 0.419. The number of anilines is 2. The summed E-state index contributed by atoms with van der Waals surface area (Å²) in [6.45, 7) is 19.8. The van der Waals surface area contributed by atoms with Gasteiger partial charge in [-0.2, -0.15) is 0 Å². The molecule has 0 saturated carbocycles. The topological polar surface area (TPSA) is 30.5 Å². The third kappa shape index (κ3) is 3.92. The van der Waals surface area contributed by atoms with Gasteiger partial charge in [-0.05, 0) is 79.1 Å². The lowest BCUT2D eigenvalue weighted by Gasteiger charge is -2.32. The Balaban J connectivity index is 1.63. The van der Waals surface area contributed by atoms with E-state index in [4.69, 9.17) is 9.31 Å². The van der Waals surface area contributed by atoms with Crippen molar-refractivity contribution >= 4 is 24.0 Å². The summed E-state index contributed by atoms with van der Waals surface area (Å²) in [4.78, 5) is 0. The van der Waals surface area contributed by atoms with Crippen molar-refractivity contribution in [2.75, 3.05) is 5.32 Å². The molecule has 1 heterocycles. The average Bonchev–Trinajstić information content (AvgIpc) is 3.12. The van der Waals surface area contributed by atoms with Crippen molar-refractivity contribution in [3.63, 3.8) is 0 Å². The average molecular weight is 467 g/mol. The molecule has 0 bridgehead atoms. The van der Waals surface area contributed by atoms with Gasteiger partial charge in [-0.15, -0.1) is 0 Å². The van der Waals surface area contributed by atoms with Gasteiger partial charge in [0.2, 0.25) is 0 Å². The highest BCUT2D eigenvalue weighted by molar-refractivity contribution is 6.64. The van der Waals surface area contributed by atoms with Gasteiger partial charge in [-0.3, -0.25) is 0 Å². The highest BCUT2D eigenvalue weighted by Gasteiger charge is 2.53. The van der Waals surface area contributed by atoms with E-state index in [2.05, 4.69) is 128 Å². The molecule has 1 fully saturated rings. The van der Waals surface area contributed by atoms with Crippen molar-refractivity contribution in [1.82, 2.24) is 0 Å². The van der Waals surface area contributed by atoms with Crippen molar-refractivity contribution in [1.29, 1.82) is 0 Å². The van der Waals surface area contributed by atoms with E-state index in [-0.39, 0.29) is 10.8 Å². The molecular formula is C31H38BNO2. The zero-order valence-electron chi connectivity index (χ0n) is 22.7. The Morgan fingerprint density at radius 1 is 0.714 bits per heavy atom. The lowest BCUT2D eigenvalue weighted by molar-refractivity contribution is 0.00578. The molecule has 0 radical (unpaired) electrons. The van der Waals surface area contributed by atoms with Gasteiger partial charge in [0.1, 0.15) is 0 Å². The first-order chi connectivity index (χ1) is 16.2. The fourth-order valence-electron chi connectivity index (χ4n) is 5.25. The molecule has 2 aliphatic rings. The maximum atomic E-state index is 6.54. The molecule has 1 N–H and O–H groups in total. The summed E-state index contributed by atoms with van der Waals surface area (Å²) < 4.78 is 13.1. The van der Waals surface area contributed by atoms with E-state index in [1.54, 1.807) is 0 Å². The summed E-state index contributed by atoms with van der Waals surface area (Å²) in [7, 11) is -0.443. The van der Waals surface area contributed by atoms with Gasteiger partial charge < -0.3 is 14.6 Å². The molecule has 0 spiro atoms. The molecule has 0 atom stereocenters. The number of nitrogens with one attached hydrogen (secondary N) is 1. The van der Waals surface area contributed by atoms with Crippen LogP contribution in [0, 0.1) is 0 Å². The highest BCUT2D eigenvalue weighted by Crippen LogP contribution is 2.49. The van der Waals surface area contributed by atoms with Gasteiger partial charge in [-0.25, -0.2) is 0 Å². The number of benzene rings is 3. The summed E-state index contributed by atoms with van der Waals surface area (Å²) in [6.07, 6.45) is 0. The van der Waals surface area contributed by atoms with E-state index in [9.17, 15) is 0 Å². The summed E-state index contributed by atoms with van der Waals surface area (Å²) in [5.41, 5.74) is 8.94. The number of rotatable bonds is 3. The van der Waals surface area contributed by atoms with Gasteiger partial charge >= 0.3 is 7.12 Å². The maximum Gasteiger partial charge on any atom is 0.496 e. The summed E-state index contributed by atoms with van der Waals surface area (Å²) in [5, 5.41) is 3.71. The van der Waals surface area contributed by atoms with Gasteiger partial charge in [-0.1, -0.05) is 77.1 Å². The lowest BCUT2D eigenvalue weighted by atomic mass is 9.73. The Bertz CT molecular complexity index is 1270. The van der Waals surface area contributed by atoms with Crippen LogP contribution in [0.2, 0.25) is 0 Å². The second kappa shape index (κ2) is 7.72. The molecule has 0 unspecified atom stereocenters. The predicted molar refractivity (Wildman–Crippen MR) is 148 cm³/mol. The van der Waals surface area contributed by atoms with Crippen LogP contribution >= 0.6 is 0 Å². The molecule has 3 aromatic carbocycles. The van der Waals surface area contributed by atoms with E-state index in [1.165, 1.54) is 27.8 Å². The van der Waals surface area contributed by atoms with Crippen LogP contribution in [0.5, 0.6) is 0 Å². The number of fused-ring (bicyclic) bond motifs is 3. The largest absolute Gasteiger partial charge is 0.496 e. The zero-order valence-corrected chi connectivity index (χ0v) is 22.7. The molecule has 1 saturated heterocycles. The van der Waals surface area contributed by atoms with E-state index in [0.29, 0.717) is 0 Å². The molecule has 1 aliphatic carbocycles. The second-order valence-corrected chi connectivity index (χ2v) is 12.7. The Hall–Kier alpha value is -2.56. The Kier molecular flexibility index (Phi) is 5.33. The van der Waals surface area contributed by atoms with E-state index < -0.39 is 18.3 Å². The third-order valence-corrected chi connectivity index (χ3v) is 8.29. The summed E-state index contributed by atoms with van der Waals surface area (Å²) in [6, 6.07) is 22.1. The molecule has 1 aliphatic heterocycles. The molecule has 3 nitrogen and oxygen atoms in total. The van der Waals surface area contributed by atoms with Crippen LogP contribution in [0.4, 0.5) is 11.4 Å². The lowest BCUT2D eigenvalue weighted by Crippen LogP contribution is -2.41. The molecule has 3 aromatic rings. The molecule has 0 aromatic heterocycles. The first kappa shape index (κ1) is 24.2. The SMILES string of the molecule is CC(C)(C)c1ccc(Nc2cc3c(cc2B2OC(C)(C)C(C)(C)O2)C(C)(C)c2ccccc2-3)cc1. The highest BCUT2D eigenvalue weighted by atomic mass is 16.7. The van der Waals surface area contributed by atoms with Crippen molar-refractivity contribution in [3.8, 4) is 11.1 Å². The fourth-order valence-corrected chi connectivity index (χ4v) is 5.25. The second-order valence-electron chi connectivity index (χ2n) is 12.7. The van der Waals surface area contributed by atoms with Crippen LogP contribution in [0.3, 0.4) is 0 Å². The van der Waals surface area contributed by atoms with Crippen LogP contribution in [-0.4, -0.2) is 18.3 Å². The molecule has 4 heteroatoms. The Morgan fingerprint density at radius 3 is 1.91 bits per heavy atom. The third-order valence-electron chi connectivity index (χ3n) is 8.29. The van der Waals surface area contributed by atoms with Crippen molar-refractivity contribution < 1.29 is 9.31 Å². The van der Waals surface area contributed by atoms with Crippen LogP contribution in [0.25, 0.3) is 11.1 Å². The normalized spacial score (nSPS) is 19.4. The van der Waals surface area contributed by atoms with Crippen molar-refractivity contribution in [2.45, 2.75) is 84.3 Å². The van der Waals surface area contributed by atoms with Gasteiger partial charge in [0, 0.05) is 22.3 Å². The minimum absolute atomic E-state index is 0.0861. The zero-order chi connectivity index (χ0) is 25.4. The van der Waals surface area contributed by atoms with E-state index in [1.807, 2.05) is 0 Å². The number of hydrogen-bond acceptors (Lipinski definition) is 3. The van der Waals surface area contributed by atoms with Crippen LogP contribution in [0.1, 0.15) is 79.0 Å². The van der Waals surface area contributed by atoms with Gasteiger partial charge in [0.15, 0.2) is 0 Å². The van der Waals surface area contributed by atoms with E-state index >= 15 is 0 Å². The van der Waals surface area contributed by atoms with Crippen molar-refractivity contribution in [3.05, 3.63) is 77.4 Å². The minimum Gasteiger partial charge on any atom is -0.399 e. The molecular weight excluding hydrogens is 429 g/mol. The minimum atomic E-state index is -0.443. The standard InChI is InChI=1S/C31H38BNO2/c1-28(2,3)20-14-16-21(17-15-20)33-27-18-23-22-12-10-11-13-24(22)29(4,5)25(23)19-26(27)32-34-30(6,7)31(8,9)35-32/h10-19,33H,1-9H3. The van der Waals surface area contributed by atoms with E-state index in [0.717, 1.165) is 16.8 Å². The number of hydrogen-bond donors (Lipinski definition) is 1. The summed E-state index contributed by atoms with van der Waals surface area (Å²) >= 11 is 0. The molecule has 5 rings (SSSR count). The predicted octanol–water partition coefficient (Wildman–Crippen LogP) is 7.33. The first-order valence-corrected chi connectivity index (χ1v) is 12.7. The Morgan fingerprint density at radius 2 is 1.31 bits per heavy atom. The van der Waals surface area contributed by atoms with Crippen LogP contribution < -0.4 is 10.8 Å². The monoisotopic (exact) mass is 467 g/mol. The molecule has 182 valence electrons. The van der Waals surface area contributed by atoms with Gasteiger partial charge in [0.25, 0.3) is 0 Å². The van der Waals surface area contributed by atoms with Crippen molar-refractivity contribution in [2.24, 2.45) is 0 Å². The Labute approximate surface area is 211 Å². The molecule has 35 heavy (non-hydrogen) atoms. The van der Waals surface area contributed by atoms with Crippen LogP contribution in [0.15, 0.2) is 60.7 Å². The van der Waals surface area contributed by atoms with Gasteiger partial charge in [0.05, 0.1) is 11.2 Å². The maximum absolute atomic E-state index is 6.54. The smallest absolute Gasteiger partial charge is 0.399 e. The molecule has 0 amide bonds. The quantitative estimate of drug-likeness (QED) is 0.409. The summed E-state index contributed by atoms with van der Waals surface area (Å²) in [5.74, 6) is 0.